The zero-order chi connectivity index (χ0) is 13.2. The molecule has 0 amide bonds. The molecule has 0 bridgehead atoms. The lowest BCUT2D eigenvalue weighted by atomic mass is 10.1. The van der Waals surface area contributed by atoms with E-state index in [2.05, 4.69) is 18.3 Å². The van der Waals surface area contributed by atoms with Crippen LogP contribution in [0.2, 0.25) is 0 Å². The maximum absolute atomic E-state index is 8.96. The number of methoxy groups -OCH3 is 1. The number of nitrogens with one attached hydrogen (secondary N) is 1. The van der Waals surface area contributed by atoms with E-state index in [4.69, 9.17) is 14.7 Å². The molecule has 0 aliphatic heterocycles. The topological polar surface area (TPSA) is 54.3 Å². The average Bonchev–Trinajstić information content (AvgIpc) is 2.42. The van der Waals surface area contributed by atoms with Gasteiger partial charge in [0.1, 0.15) is 11.8 Å². The number of nitrogens with zero attached hydrogens (tertiary/aromatic N) is 1. The Labute approximate surface area is 109 Å². The fraction of sp³-hybridized carbons (Fsp3) is 0.500. The highest BCUT2D eigenvalue weighted by molar-refractivity contribution is 5.45. The van der Waals surface area contributed by atoms with Crippen molar-refractivity contribution in [1.82, 2.24) is 5.32 Å². The molecule has 0 saturated carbocycles. The van der Waals surface area contributed by atoms with Crippen molar-refractivity contribution in [2.75, 3.05) is 26.8 Å². The zero-order valence-corrected chi connectivity index (χ0v) is 11.0. The SMILES string of the molecule is CCCNCCOCc1ccc(OC)c(C#N)c1. The Morgan fingerprint density at radius 3 is 2.83 bits per heavy atom. The maximum Gasteiger partial charge on any atom is 0.136 e. The fourth-order valence-electron chi connectivity index (χ4n) is 1.57. The third kappa shape index (κ3) is 4.74. The van der Waals surface area contributed by atoms with Gasteiger partial charge in [-0.25, -0.2) is 0 Å². The molecule has 18 heavy (non-hydrogen) atoms. The standard InChI is InChI=1S/C14H20N2O2/c1-3-6-16-7-8-18-11-12-4-5-14(17-2)13(9-12)10-15/h4-5,9,16H,3,6-8,11H2,1-2H3. The number of rotatable bonds is 8. The van der Waals surface area contributed by atoms with Crippen LogP contribution in [0.25, 0.3) is 0 Å². The minimum Gasteiger partial charge on any atom is -0.495 e. The summed E-state index contributed by atoms with van der Waals surface area (Å²) < 4.78 is 10.6. The van der Waals surface area contributed by atoms with Crippen molar-refractivity contribution >= 4 is 0 Å². The summed E-state index contributed by atoms with van der Waals surface area (Å²) in [5.41, 5.74) is 1.53. The largest absolute Gasteiger partial charge is 0.495 e. The third-order valence-electron chi connectivity index (χ3n) is 2.50. The van der Waals surface area contributed by atoms with Crippen LogP contribution in [-0.4, -0.2) is 26.8 Å². The molecular weight excluding hydrogens is 228 g/mol. The van der Waals surface area contributed by atoms with E-state index in [0.29, 0.717) is 24.5 Å². The summed E-state index contributed by atoms with van der Waals surface area (Å²) in [4.78, 5) is 0. The number of benzene rings is 1. The van der Waals surface area contributed by atoms with Crippen LogP contribution in [0.3, 0.4) is 0 Å². The smallest absolute Gasteiger partial charge is 0.136 e. The molecule has 0 heterocycles. The van der Waals surface area contributed by atoms with E-state index in [1.807, 2.05) is 6.07 Å². The van der Waals surface area contributed by atoms with Gasteiger partial charge in [-0.15, -0.1) is 0 Å². The van der Waals surface area contributed by atoms with Crippen LogP contribution >= 0.6 is 0 Å². The molecule has 4 heteroatoms. The molecule has 0 unspecified atom stereocenters. The molecule has 0 fully saturated rings. The Hall–Kier alpha value is -1.57. The van der Waals surface area contributed by atoms with E-state index in [0.717, 1.165) is 25.1 Å². The van der Waals surface area contributed by atoms with Crippen LogP contribution in [0.1, 0.15) is 24.5 Å². The van der Waals surface area contributed by atoms with Crippen molar-refractivity contribution in [3.63, 3.8) is 0 Å². The molecule has 1 N–H and O–H groups in total. The van der Waals surface area contributed by atoms with E-state index >= 15 is 0 Å². The molecule has 1 aromatic rings. The molecule has 0 aliphatic rings. The van der Waals surface area contributed by atoms with E-state index in [-0.39, 0.29) is 0 Å². The van der Waals surface area contributed by atoms with Crippen LogP contribution in [0.15, 0.2) is 18.2 Å². The lowest BCUT2D eigenvalue weighted by Gasteiger charge is -2.07. The van der Waals surface area contributed by atoms with Crippen LogP contribution in [-0.2, 0) is 11.3 Å². The Balaban J connectivity index is 2.37. The average molecular weight is 248 g/mol. The van der Waals surface area contributed by atoms with Crippen LogP contribution in [0.4, 0.5) is 0 Å². The maximum atomic E-state index is 8.96. The minimum atomic E-state index is 0.520. The van der Waals surface area contributed by atoms with Gasteiger partial charge >= 0.3 is 0 Å². The second-order valence-electron chi connectivity index (χ2n) is 3.95. The minimum absolute atomic E-state index is 0.520. The first kappa shape index (κ1) is 14.5. The Bertz CT molecular complexity index is 399. The predicted molar refractivity (Wildman–Crippen MR) is 70.5 cm³/mol. The molecule has 4 nitrogen and oxygen atoms in total. The Morgan fingerprint density at radius 2 is 2.17 bits per heavy atom. The lowest BCUT2D eigenvalue weighted by molar-refractivity contribution is 0.123. The van der Waals surface area contributed by atoms with E-state index in [9.17, 15) is 0 Å². The van der Waals surface area contributed by atoms with Gasteiger partial charge in [-0.2, -0.15) is 5.26 Å². The van der Waals surface area contributed by atoms with Gasteiger partial charge in [-0.3, -0.25) is 0 Å². The van der Waals surface area contributed by atoms with E-state index in [1.165, 1.54) is 0 Å². The molecule has 0 radical (unpaired) electrons. The number of nitriles is 1. The van der Waals surface area contributed by atoms with Gasteiger partial charge in [0.2, 0.25) is 0 Å². The summed E-state index contributed by atoms with van der Waals surface area (Å²) in [5.74, 6) is 0.603. The first-order valence-corrected chi connectivity index (χ1v) is 6.17. The molecule has 0 atom stereocenters. The molecule has 98 valence electrons. The van der Waals surface area contributed by atoms with Gasteiger partial charge < -0.3 is 14.8 Å². The van der Waals surface area contributed by atoms with Gasteiger partial charge in [-0.1, -0.05) is 13.0 Å². The summed E-state index contributed by atoms with van der Waals surface area (Å²) in [6.45, 7) is 5.20. The third-order valence-corrected chi connectivity index (χ3v) is 2.50. The van der Waals surface area contributed by atoms with Crippen molar-refractivity contribution in [2.45, 2.75) is 20.0 Å². The predicted octanol–water partition coefficient (Wildman–Crippen LogP) is 2.08. The monoisotopic (exact) mass is 248 g/mol. The quantitative estimate of drug-likeness (QED) is 0.716. The normalized spacial score (nSPS) is 10.1. The Kier molecular flexibility index (Phi) is 6.85. The first-order valence-electron chi connectivity index (χ1n) is 6.17. The summed E-state index contributed by atoms with van der Waals surface area (Å²) in [6.07, 6.45) is 1.13. The van der Waals surface area contributed by atoms with Gasteiger partial charge in [-0.05, 0) is 30.7 Å². The molecule has 1 rings (SSSR count). The van der Waals surface area contributed by atoms with Crippen LogP contribution < -0.4 is 10.1 Å². The summed E-state index contributed by atoms with van der Waals surface area (Å²) in [5, 5.41) is 12.2. The lowest BCUT2D eigenvalue weighted by Crippen LogP contribution is -2.20. The number of hydrogen-bond acceptors (Lipinski definition) is 4. The summed E-state index contributed by atoms with van der Waals surface area (Å²) in [7, 11) is 1.56. The van der Waals surface area contributed by atoms with Gasteiger partial charge in [0.15, 0.2) is 0 Å². The molecule has 1 aromatic carbocycles. The molecular formula is C14H20N2O2. The Morgan fingerprint density at radius 1 is 1.33 bits per heavy atom. The summed E-state index contributed by atoms with van der Waals surface area (Å²) in [6, 6.07) is 7.63. The second kappa shape index (κ2) is 8.51. The van der Waals surface area contributed by atoms with Crippen LogP contribution in [0, 0.1) is 11.3 Å². The summed E-state index contributed by atoms with van der Waals surface area (Å²) >= 11 is 0. The second-order valence-corrected chi connectivity index (χ2v) is 3.95. The highest BCUT2D eigenvalue weighted by Crippen LogP contribution is 2.19. The molecule has 0 aliphatic carbocycles. The van der Waals surface area contributed by atoms with E-state index in [1.54, 1.807) is 19.2 Å². The number of hydrogen-bond donors (Lipinski definition) is 1. The van der Waals surface area contributed by atoms with Crippen molar-refractivity contribution in [3.05, 3.63) is 29.3 Å². The first-order chi connectivity index (χ1) is 8.81. The molecule has 0 saturated heterocycles. The zero-order valence-electron chi connectivity index (χ0n) is 11.0. The molecule has 0 aromatic heterocycles. The number of ether oxygens (including phenoxy) is 2. The van der Waals surface area contributed by atoms with Crippen molar-refractivity contribution in [3.8, 4) is 11.8 Å². The van der Waals surface area contributed by atoms with Gasteiger partial charge in [0.05, 0.1) is 25.9 Å². The highest BCUT2D eigenvalue weighted by atomic mass is 16.5. The van der Waals surface area contributed by atoms with Crippen molar-refractivity contribution < 1.29 is 9.47 Å². The van der Waals surface area contributed by atoms with Gasteiger partial charge in [0.25, 0.3) is 0 Å². The van der Waals surface area contributed by atoms with Crippen LogP contribution in [0.5, 0.6) is 5.75 Å². The van der Waals surface area contributed by atoms with E-state index < -0.39 is 0 Å². The van der Waals surface area contributed by atoms with Crippen molar-refractivity contribution in [2.24, 2.45) is 0 Å². The van der Waals surface area contributed by atoms with Crippen molar-refractivity contribution in [1.29, 1.82) is 5.26 Å². The fourth-order valence-corrected chi connectivity index (χ4v) is 1.57. The van der Waals surface area contributed by atoms with Gasteiger partial charge in [0, 0.05) is 6.54 Å². The highest BCUT2D eigenvalue weighted by Gasteiger charge is 2.03. The molecule has 0 spiro atoms.